The summed E-state index contributed by atoms with van der Waals surface area (Å²) in [6.45, 7) is 2.51. The van der Waals surface area contributed by atoms with E-state index in [0.717, 1.165) is 36.5 Å². The van der Waals surface area contributed by atoms with Gasteiger partial charge in [0.15, 0.2) is 0 Å². The minimum atomic E-state index is -1.00. The molecule has 5 nitrogen and oxygen atoms in total. The number of hydrogen-bond donors (Lipinski definition) is 2. The zero-order chi connectivity index (χ0) is 15.2. The Labute approximate surface area is 123 Å². The summed E-state index contributed by atoms with van der Waals surface area (Å²) in [6, 6.07) is 5.41. The molecule has 1 fully saturated rings. The summed E-state index contributed by atoms with van der Waals surface area (Å²) in [5, 5.41) is 11.5. The van der Waals surface area contributed by atoms with E-state index >= 15 is 0 Å². The number of aliphatic carboxylic acids is 1. The van der Waals surface area contributed by atoms with Gasteiger partial charge in [-0.1, -0.05) is 12.1 Å². The fourth-order valence-corrected chi connectivity index (χ4v) is 2.21. The van der Waals surface area contributed by atoms with E-state index in [0.29, 0.717) is 12.3 Å². The Balaban J connectivity index is 2.09. The van der Waals surface area contributed by atoms with Crippen LogP contribution in [0.4, 0.5) is 5.69 Å². The van der Waals surface area contributed by atoms with Crippen LogP contribution in [0, 0.1) is 6.92 Å². The lowest BCUT2D eigenvalue weighted by molar-refractivity contribution is -0.131. The number of carboxylic acid groups (broad SMARTS) is 1. The van der Waals surface area contributed by atoms with Crippen LogP contribution in [0.25, 0.3) is 6.08 Å². The van der Waals surface area contributed by atoms with Gasteiger partial charge in [0.25, 0.3) is 5.91 Å². The molecule has 1 aromatic carbocycles. The molecule has 112 valence electrons. The molecule has 21 heavy (non-hydrogen) atoms. The summed E-state index contributed by atoms with van der Waals surface area (Å²) >= 11 is 0. The molecular formula is C16H19NO4. The molecule has 1 aromatic rings. The van der Waals surface area contributed by atoms with Crippen molar-refractivity contribution < 1.29 is 19.4 Å². The lowest BCUT2D eigenvalue weighted by atomic mass is 10.1. The van der Waals surface area contributed by atoms with Crippen LogP contribution in [0.3, 0.4) is 0 Å². The molecule has 0 radical (unpaired) electrons. The van der Waals surface area contributed by atoms with Crippen molar-refractivity contribution in [3.05, 3.63) is 35.4 Å². The van der Waals surface area contributed by atoms with Crippen molar-refractivity contribution in [3.63, 3.8) is 0 Å². The van der Waals surface area contributed by atoms with Crippen LogP contribution in [0.2, 0.25) is 0 Å². The van der Waals surface area contributed by atoms with Gasteiger partial charge in [-0.15, -0.1) is 0 Å². The number of amides is 1. The number of aryl methyl sites for hydroxylation is 1. The standard InChI is InChI=1S/C16H19NO4/c1-11-5-6-12(7-8-15(18)19)10-13(11)17-16(20)14-4-2-3-9-21-14/h5-8,10,14H,2-4,9H2,1H3,(H,17,20)(H,18,19). The van der Waals surface area contributed by atoms with Gasteiger partial charge in [0.1, 0.15) is 6.10 Å². The van der Waals surface area contributed by atoms with Crippen molar-refractivity contribution >= 4 is 23.6 Å². The molecule has 0 saturated carbocycles. The maximum Gasteiger partial charge on any atom is 0.328 e. The number of rotatable bonds is 4. The van der Waals surface area contributed by atoms with Crippen molar-refractivity contribution in [2.24, 2.45) is 0 Å². The molecule has 2 rings (SSSR count). The van der Waals surface area contributed by atoms with Gasteiger partial charge in [-0.3, -0.25) is 4.79 Å². The Kier molecular flexibility index (Phi) is 5.11. The van der Waals surface area contributed by atoms with Gasteiger partial charge >= 0.3 is 5.97 Å². The number of anilines is 1. The summed E-state index contributed by atoms with van der Waals surface area (Å²) < 4.78 is 5.46. The third-order valence-electron chi connectivity index (χ3n) is 3.41. The van der Waals surface area contributed by atoms with E-state index in [1.54, 1.807) is 6.07 Å². The second kappa shape index (κ2) is 7.04. The fraction of sp³-hybridized carbons (Fsp3) is 0.375. The van der Waals surface area contributed by atoms with E-state index < -0.39 is 12.1 Å². The quantitative estimate of drug-likeness (QED) is 0.835. The minimum absolute atomic E-state index is 0.142. The molecule has 1 unspecified atom stereocenters. The SMILES string of the molecule is Cc1ccc(C=CC(=O)O)cc1NC(=O)C1CCCCO1. The van der Waals surface area contributed by atoms with Crippen LogP contribution >= 0.6 is 0 Å². The molecular weight excluding hydrogens is 270 g/mol. The molecule has 2 N–H and O–H groups in total. The van der Waals surface area contributed by atoms with Crippen LogP contribution in [-0.2, 0) is 14.3 Å². The highest BCUT2D eigenvalue weighted by Gasteiger charge is 2.22. The predicted molar refractivity (Wildman–Crippen MR) is 80.1 cm³/mol. The van der Waals surface area contributed by atoms with Gasteiger partial charge in [0, 0.05) is 18.4 Å². The Morgan fingerprint density at radius 2 is 2.19 bits per heavy atom. The van der Waals surface area contributed by atoms with Gasteiger partial charge in [0.05, 0.1) is 0 Å². The van der Waals surface area contributed by atoms with E-state index in [1.807, 2.05) is 19.1 Å². The first kappa shape index (κ1) is 15.3. The number of hydrogen-bond acceptors (Lipinski definition) is 3. The van der Waals surface area contributed by atoms with Crippen molar-refractivity contribution in [2.75, 3.05) is 11.9 Å². The Hall–Kier alpha value is -2.14. The summed E-state index contributed by atoms with van der Waals surface area (Å²) in [4.78, 5) is 22.7. The molecule has 1 saturated heterocycles. The number of carbonyl (C=O) groups is 2. The lowest BCUT2D eigenvalue weighted by Crippen LogP contribution is -2.33. The second-order valence-electron chi connectivity index (χ2n) is 5.09. The van der Waals surface area contributed by atoms with Crippen molar-refractivity contribution in [1.82, 2.24) is 0 Å². The molecule has 1 aliphatic heterocycles. The molecule has 0 bridgehead atoms. The average Bonchev–Trinajstić information content (AvgIpc) is 2.48. The fourth-order valence-electron chi connectivity index (χ4n) is 2.21. The first-order valence-corrected chi connectivity index (χ1v) is 7.00. The van der Waals surface area contributed by atoms with E-state index in [1.165, 1.54) is 6.08 Å². The van der Waals surface area contributed by atoms with Gasteiger partial charge < -0.3 is 15.2 Å². The van der Waals surface area contributed by atoms with E-state index in [-0.39, 0.29) is 5.91 Å². The third kappa shape index (κ3) is 4.43. The highest BCUT2D eigenvalue weighted by molar-refractivity contribution is 5.95. The number of carbonyl (C=O) groups excluding carboxylic acids is 1. The maximum absolute atomic E-state index is 12.1. The van der Waals surface area contributed by atoms with Gasteiger partial charge in [-0.25, -0.2) is 4.79 Å². The summed E-state index contributed by atoms with van der Waals surface area (Å²) in [6.07, 6.45) is 4.91. The molecule has 1 amide bonds. The second-order valence-corrected chi connectivity index (χ2v) is 5.09. The van der Waals surface area contributed by atoms with E-state index in [4.69, 9.17) is 9.84 Å². The third-order valence-corrected chi connectivity index (χ3v) is 3.41. The highest BCUT2D eigenvalue weighted by atomic mass is 16.5. The highest BCUT2D eigenvalue weighted by Crippen LogP contribution is 2.20. The predicted octanol–water partition coefficient (Wildman–Crippen LogP) is 2.60. The monoisotopic (exact) mass is 289 g/mol. The molecule has 1 atom stereocenters. The normalized spacial score (nSPS) is 18.6. The van der Waals surface area contributed by atoms with E-state index in [9.17, 15) is 9.59 Å². The number of carboxylic acids is 1. The minimum Gasteiger partial charge on any atom is -0.478 e. The van der Waals surface area contributed by atoms with Gasteiger partial charge in [-0.05, 0) is 49.5 Å². The van der Waals surface area contributed by atoms with Crippen LogP contribution < -0.4 is 5.32 Å². The molecule has 0 aromatic heterocycles. The van der Waals surface area contributed by atoms with Crippen LogP contribution in [0.5, 0.6) is 0 Å². The van der Waals surface area contributed by atoms with Crippen molar-refractivity contribution in [1.29, 1.82) is 0 Å². The molecule has 1 heterocycles. The molecule has 0 spiro atoms. The zero-order valence-corrected chi connectivity index (χ0v) is 12.0. The number of ether oxygens (including phenoxy) is 1. The number of benzene rings is 1. The lowest BCUT2D eigenvalue weighted by Gasteiger charge is -2.22. The Bertz CT molecular complexity index is 559. The molecule has 1 aliphatic rings. The van der Waals surface area contributed by atoms with Crippen LogP contribution in [0.15, 0.2) is 24.3 Å². The van der Waals surface area contributed by atoms with Crippen molar-refractivity contribution in [2.45, 2.75) is 32.3 Å². The van der Waals surface area contributed by atoms with Gasteiger partial charge in [0.2, 0.25) is 0 Å². The summed E-state index contributed by atoms with van der Waals surface area (Å²) in [5.74, 6) is -1.14. The largest absolute Gasteiger partial charge is 0.478 e. The van der Waals surface area contributed by atoms with Crippen LogP contribution in [0.1, 0.15) is 30.4 Å². The molecule has 5 heteroatoms. The first-order chi connectivity index (χ1) is 10.1. The summed E-state index contributed by atoms with van der Waals surface area (Å²) in [7, 11) is 0. The maximum atomic E-state index is 12.1. The summed E-state index contributed by atoms with van der Waals surface area (Å²) in [5.41, 5.74) is 2.33. The number of nitrogens with one attached hydrogen (secondary N) is 1. The molecule has 0 aliphatic carbocycles. The van der Waals surface area contributed by atoms with Crippen LogP contribution in [-0.4, -0.2) is 29.7 Å². The smallest absolute Gasteiger partial charge is 0.328 e. The Morgan fingerprint density at radius 1 is 1.38 bits per heavy atom. The zero-order valence-electron chi connectivity index (χ0n) is 12.0. The first-order valence-electron chi connectivity index (χ1n) is 7.00. The Morgan fingerprint density at radius 3 is 2.86 bits per heavy atom. The topological polar surface area (TPSA) is 75.6 Å². The average molecular weight is 289 g/mol. The van der Waals surface area contributed by atoms with E-state index in [2.05, 4.69) is 5.32 Å². The van der Waals surface area contributed by atoms with Crippen molar-refractivity contribution in [3.8, 4) is 0 Å². The van der Waals surface area contributed by atoms with Gasteiger partial charge in [-0.2, -0.15) is 0 Å².